The number of methoxy groups -OCH3 is 2. The van der Waals surface area contributed by atoms with Gasteiger partial charge in [0.15, 0.2) is 23.0 Å². The maximum atomic E-state index is 13.5. The fourth-order valence-corrected chi connectivity index (χ4v) is 5.45. The Morgan fingerprint density at radius 2 is 1.85 bits per heavy atom. The number of aliphatic carboxylic acids is 1. The van der Waals surface area contributed by atoms with E-state index in [0.717, 1.165) is 18.4 Å². The number of hydrogen-bond acceptors (Lipinski definition) is 9. The number of unbranched alkanes of at least 4 members (excludes halogenated alkanes) is 1. The number of para-hydroxylation sites is 2. The summed E-state index contributed by atoms with van der Waals surface area (Å²) >= 11 is 0. The molecule has 2 heterocycles. The number of likely N-dealkylation sites (tertiary alicyclic amines) is 1. The molecule has 0 radical (unpaired) electrons. The highest BCUT2D eigenvalue weighted by atomic mass is 16.7. The molecule has 1 fully saturated rings. The van der Waals surface area contributed by atoms with Crippen LogP contribution >= 0.6 is 0 Å². The molecule has 11 nitrogen and oxygen atoms in total. The molecule has 4 rings (SSSR count). The van der Waals surface area contributed by atoms with Crippen LogP contribution in [0.2, 0.25) is 0 Å². The number of hydrogen-bond donors (Lipinski definition) is 2. The van der Waals surface area contributed by atoms with Crippen LogP contribution in [0.4, 0.5) is 0 Å². The Bertz CT molecular complexity index is 1180. The minimum absolute atomic E-state index is 0.0473. The number of amides is 1. The molecular formula is C29H39N3O8. The van der Waals surface area contributed by atoms with Gasteiger partial charge in [-0.15, -0.1) is 0 Å². The lowest BCUT2D eigenvalue weighted by Crippen LogP contribution is -2.47. The van der Waals surface area contributed by atoms with Gasteiger partial charge in [0.1, 0.15) is 6.61 Å². The first kappa shape index (κ1) is 29.3. The first-order chi connectivity index (χ1) is 19.4. The van der Waals surface area contributed by atoms with E-state index >= 15 is 0 Å². The van der Waals surface area contributed by atoms with Crippen molar-refractivity contribution in [3.63, 3.8) is 0 Å². The second-order valence-corrected chi connectivity index (χ2v) is 9.91. The molecule has 3 N–H and O–H groups in total. The van der Waals surface area contributed by atoms with Gasteiger partial charge in [-0.3, -0.25) is 14.5 Å². The number of carbonyl (C=O) groups is 2. The van der Waals surface area contributed by atoms with Gasteiger partial charge < -0.3 is 39.4 Å². The van der Waals surface area contributed by atoms with Gasteiger partial charge in [-0.2, -0.15) is 0 Å². The summed E-state index contributed by atoms with van der Waals surface area (Å²) in [6, 6.07) is 10.2. The van der Waals surface area contributed by atoms with E-state index in [-0.39, 0.29) is 25.9 Å². The smallest absolute Gasteiger partial charge is 0.308 e. The van der Waals surface area contributed by atoms with Crippen LogP contribution in [0.3, 0.4) is 0 Å². The third kappa shape index (κ3) is 6.37. The topological polar surface area (TPSA) is 133 Å². The molecule has 0 spiro atoms. The zero-order valence-corrected chi connectivity index (χ0v) is 23.3. The van der Waals surface area contributed by atoms with Gasteiger partial charge in [0, 0.05) is 32.1 Å². The molecule has 0 aliphatic carbocycles. The van der Waals surface area contributed by atoms with Crippen LogP contribution in [0, 0.1) is 5.92 Å². The van der Waals surface area contributed by atoms with Crippen molar-refractivity contribution in [1.29, 1.82) is 0 Å². The van der Waals surface area contributed by atoms with Crippen LogP contribution in [0.5, 0.6) is 28.7 Å². The van der Waals surface area contributed by atoms with Crippen molar-refractivity contribution in [3.05, 3.63) is 42.0 Å². The highest BCUT2D eigenvalue weighted by Gasteiger charge is 2.48. The number of rotatable bonds is 14. The fourth-order valence-electron chi connectivity index (χ4n) is 5.45. The van der Waals surface area contributed by atoms with Crippen molar-refractivity contribution in [3.8, 4) is 28.7 Å². The molecule has 2 aliphatic heterocycles. The van der Waals surface area contributed by atoms with Gasteiger partial charge in [-0.1, -0.05) is 25.5 Å². The summed E-state index contributed by atoms with van der Waals surface area (Å²) in [5.41, 5.74) is 6.53. The van der Waals surface area contributed by atoms with Crippen molar-refractivity contribution in [2.75, 3.05) is 60.3 Å². The first-order valence-corrected chi connectivity index (χ1v) is 13.6. The molecule has 3 unspecified atom stereocenters. The predicted octanol–water partition coefficient (Wildman–Crippen LogP) is 2.57. The molecule has 2 aliphatic rings. The number of benzene rings is 2. The number of carboxylic acid groups (broad SMARTS) is 1. The zero-order valence-electron chi connectivity index (χ0n) is 23.3. The van der Waals surface area contributed by atoms with E-state index in [4.69, 9.17) is 29.4 Å². The van der Waals surface area contributed by atoms with Crippen LogP contribution in [0.1, 0.15) is 31.2 Å². The summed E-state index contributed by atoms with van der Waals surface area (Å²) in [7, 11) is 3.08. The third-order valence-corrected chi connectivity index (χ3v) is 7.49. The maximum Gasteiger partial charge on any atom is 0.308 e. The highest BCUT2D eigenvalue weighted by Crippen LogP contribution is 2.47. The number of fused-ring (bicyclic) bond motifs is 1. The minimum atomic E-state index is -0.977. The van der Waals surface area contributed by atoms with Crippen LogP contribution in [-0.4, -0.2) is 93.2 Å². The minimum Gasteiger partial charge on any atom is -0.493 e. The SMILES string of the molecule is CCCCN(CCN)C(=O)CN1CC(c2cc(OC)c3c(c2)OCO3)C(C(=O)O)C1COc1ccccc1OC. The van der Waals surface area contributed by atoms with Gasteiger partial charge in [-0.05, 0) is 36.2 Å². The standard InChI is InChI=1S/C29H39N3O8/c1-4-5-11-31(12-10-30)26(33)16-32-15-20(19-13-24(37-3)28-25(14-19)39-18-40-28)27(29(34)35)21(32)17-38-23-9-7-6-8-22(23)36-2/h6-9,13-14,20-21,27H,4-5,10-12,15-18,30H2,1-3H3,(H,34,35). The summed E-state index contributed by atoms with van der Waals surface area (Å²) in [6.07, 6.45) is 1.81. The largest absolute Gasteiger partial charge is 0.493 e. The van der Waals surface area contributed by atoms with Crippen molar-refractivity contribution in [2.24, 2.45) is 11.7 Å². The Kier molecular flexibility index (Phi) is 9.94. The molecule has 3 atom stereocenters. The number of nitrogens with two attached hydrogens (primary N) is 1. The van der Waals surface area contributed by atoms with Crippen molar-refractivity contribution >= 4 is 11.9 Å². The first-order valence-electron chi connectivity index (χ1n) is 13.6. The van der Waals surface area contributed by atoms with Gasteiger partial charge >= 0.3 is 5.97 Å². The Morgan fingerprint density at radius 3 is 2.52 bits per heavy atom. The van der Waals surface area contributed by atoms with E-state index in [1.54, 1.807) is 36.3 Å². The normalized spacial score (nSPS) is 19.9. The lowest BCUT2D eigenvalue weighted by atomic mass is 9.85. The van der Waals surface area contributed by atoms with Crippen LogP contribution in [0.25, 0.3) is 0 Å². The molecule has 40 heavy (non-hydrogen) atoms. The van der Waals surface area contributed by atoms with E-state index in [0.29, 0.717) is 54.9 Å². The summed E-state index contributed by atoms with van der Waals surface area (Å²) in [6.45, 7) is 3.96. The van der Waals surface area contributed by atoms with Crippen LogP contribution < -0.4 is 29.4 Å². The summed E-state index contributed by atoms with van der Waals surface area (Å²) in [5.74, 6) is 0.117. The molecule has 0 bridgehead atoms. The van der Waals surface area contributed by atoms with Gasteiger partial charge in [-0.25, -0.2) is 0 Å². The molecule has 11 heteroatoms. The molecule has 0 saturated carbocycles. The van der Waals surface area contributed by atoms with Gasteiger partial charge in [0.2, 0.25) is 18.4 Å². The van der Waals surface area contributed by atoms with Crippen molar-refractivity contribution in [1.82, 2.24) is 9.80 Å². The molecule has 1 saturated heterocycles. The molecule has 2 aromatic rings. The summed E-state index contributed by atoms with van der Waals surface area (Å²) in [5, 5.41) is 10.5. The number of ether oxygens (including phenoxy) is 5. The summed E-state index contributed by atoms with van der Waals surface area (Å²) in [4.78, 5) is 29.9. The van der Waals surface area contributed by atoms with E-state index in [2.05, 4.69) is 6.92 Å². The predicted molar refractivity (Wildman–Crippen MR) is 147 cm³/mol. The summed E-state index contributed by atoms with van der Waals surface area (Å²) < 4.78 is 28.2. The lowest BCUT2D eigenvalue weighted by Gasteiger charge is -2.29. The van der Waals surface area contributed by atoms with Crippen LogP contribution in [0.15, 0.2) is 36.4 Å². The van der Waals surface area contributed by atoms with E-state index < -0.39 is 23.8 Å². The highest BCUT2D eigenvalue weighted by molar-refractivity contribution is 5.79. The Balaban J connectivity index is 1.66. The number of carboxylic acids is 1. The van der Waals surface area contributed by atoms with Crippen molar-refractivity contribution < 1.29 is 38.4 Å². The average molecular weight is 558 g/mol. The molecule has 2 aromatic carbocycles. The van der Waals surface area contributed by atoms with E-state index in [9.17, 15) is 14.7 Å². The monoisotopic (exact) mass is 557 g/mol. The fraction of sp³-hybridized carbons (Fsp3) is 0.517. The molecule has 218 valence electrons. The molecule has 0 aromatic heterocycles. The lowest BCUT2D eigenvalue weighted by molar-refractivity contribution is -0.144. The zero-order chi connectivity index (χ0) is 28.6. The quantitative estimate of drug-likeness (QED) is 0.357. The Morgan fingerprint density at radius 1 is 1.10 bits per heavy atom. The number of carbonyl (C=O) groups excluding carboxylic acids is 1. The number of nitrogens with zero attached hydrogens (tertiary/aromatic N) is 2. The second kappa shape index (κ2) is 13.6. The second-order valence-electron chi connectivity index (χ2n) is 9.91. The molecule has 1 amide bonds. The Labute approximate surface area is 234 Å². The molecular weight excluding hydrogens is 518 g/mol. The van der Waals surface area contributed by atoms with Crippen LogP contribution in [-0.2, 0) is 9.59 Å². The Hall–Kier alpha value is -3.70. The third-order valence-electron chi connectivity index (χ3n) is 7.49. The van der Waals surface area contributed by atoms with Crippen molar-refractivity contribution in [2.45, 2.75) is 31.7 Å². The van der Waals surface area contributed by atoms with E-state index in [1.807, 2.05) is 17.0 Å². The van der Waals surface area contributed by atoms with E-state index in [1.165, 1.54) is 7.11 Å². The average Bonchev–Trinajstić information content (AvgIpc) is 3.58. The maximum absolute atomic E-state index is 13.5. The van der Waals surface area contributed by atoms with Gasteiger partial charge in [0.05, 0.1) is 32.7 Å². The van der Waals surface area contributed by atoms with Gasteiger partial charge in [0.25, 0.3) is 0 Å².